The summed E-state index contributed by atoms with van der Waals surface area (Å²) in [6, 6.07) is 12.1. The molecule has 1 heterocycles. The standard InChI is InChI=1S/C16H19N3/c1-12-7-16(13(2)19(12)3)11-18-10-15-6-4-5-14(8-15)9-17/h4-8,18H,10-11H2,1-3H3. The Kier molecular flexibility index (Phi) is 4.03. The van der Waals surface area contributed by atoms with Crippen molar-refractivity contribution in [2.24, 2.45) is 7.05 Å². The van der Waals surface area contributed by atoms with Gasteiger partial charge in [0.15, 0.2) is 0 Å². The van der Waals surface area contributed by atoms with E-state index in [2.05, 4.69) is 42.9 Å². The van der Waals surface area contributed by atoms with Crippen molar-refractivity contribution in [3.05, 3.63) is 58.4 Å². The number of hydrogen-bond acceptors (Lipinski definition) is 2. The molecule has 0 saturated carbocycles. The van der Waals surface area contributed by atoms with Gasteiger partial charge >= 0.3 is 0 Å². The number of nitrogens with zero attached hydrogens (tertiary/aromatic N) is 2. The minimum Gasteiger partial charge on any atom is -0.352 e. The molecule has 98 valence electrons. The van der Waals surface area contributed by atoms with Gasteiger partial charge in [-0.1, -0.05) is 12.1 Å². The molecule has 0 amide bonds. The Morgan fingerprint density at radius 1 is 1.21 bits per heavy atom. The van der Waals surface area contributed by atoms with Gasteiger partial charge in [0.25, 0.3) is 0 Å². The van der Waals surface area contributed by atoms with Crippen LogP contribution in [0.2, 0.25) is 0 Å². The van der Waals surface area contributed by atoms with Crippen LogP contribution in [0.25, 0.3) is 0 Å². The summed E-state index contributed by atoms with van der Waals surface area (Å²) in [5.41, 5.74) is 5.77. The molecule has 1 aromatic carbocycles. The molecule has 0 aliphatic carbocycles. The highest BCUT2D eigenvalue weighted by molar-refractivity contribution is 5.32. The summed E-state index contributed by atoms with van der Waals surface area (Å²) in [7, 11) is 2.09. The van der Waals surface area contributed by atoms with Gasteiger partial charge in [0.1, 0.15) is 0 Å². The average molecular weight is 253 g/mol. The molecular weight excluding hydrogens is 234 g/mol. The smallest absolute Gasteiger partial charge is 0.0991 e. The largest absolute Gasteiger partial charge is 0.352 e. The molecule has 0 radical (unpaired) electrons. The van der Waals surface area contributed by atoms with E-state index in [1.165, 1.54) is 17.0 Å². The lowest BCUT2D eigenvalue weighted by Gasteiger charge is -2.06. The van der Waals surface area contributed by atoms with Crippen LogP contribution >= 0.6 is 0 Å². The van der Waals surface area contributed by atoms with Crippen molar-refractivity contribution in [2.45, 2.75) is 26.9 Å². The number of rotatable bonds is 4. The van der Waals surface area contributed by atoms with Crippen LogP contribution in [-0.2, 0) is 20.1 Å². The summed E-state index contributed by atoms with van der Waals surface area (Å²) in [6.07, 6.45) is 0. The van der Waals surface area contributed by atoms with Crippen LogP contribution < -0.4 is 5.32 Å². The summed E-state index contributed by atoms with van der Waals surface area (Å²) in [6.45, 7) is 5.89. The van der Waals surface area contributed by atoms with Crippen molar-refractivity contribution in [3.8, 4) is 6.07 Å². The highest BCUT2D eigenvalue weighted by Gasteiger charge is 2.05. The summed E-state index contributed by atoms with van der Waals surface area (Å²) in [5.74, 6) is 0. The molecule has 0 bridgehead atoms. The van der Waals surface area contributed by atoms with Gasteiger partial charge in [0.05, 0.1) is 11.6 Å². The Morgan fingerprint density at radius 3 is 2.63 bits per heavy atom. The Balaban J connectivity index is 1.96. The zero-order chi connectivity index (χ0) is 13.8. The molecule has 0 fully saturated rings. The lowest BCUT2D eigenvalue weighted by atomic mass is 10.1. The number of benzene rings is 1. The van der Waals surface area contributed by atoms with E-state index >= 15 is 0 Å². The second-order valence-corrected chi connectivity index (χ2v) is 4.87. The maximum atomic E-state index is 8.86. The van der Waals surface area contributed by atoms with Crippen LogP contribution in [0, 0.1) is 25.2 Å². The number of hydrogen-bond donors (Lipinski definition) is 1. The van der Waals surface area contributed by atoms with Crippen LogP contribution in [-0.4, -0.2) is 4.57 Å². The van der Waals surface area contributed by atoms with E-state index in [9.17, 15) is 0 Å². The van der Waals surface area contributed by atoms with Crippen molar-refractivity contribution in [3.63, 3.8) is 0 Å². The predicted molar refractivity (Wildman–Crippen MR) is 76.6 cm³/mol. The number of aryl methyl sites for hydroxylation is 1. The molecule has 0 aliphatic rings. The third-order valence-corrected chi connectivity index (χ3v) is 3.58. The second-order valence-electron chi connectivity index (χ2n) is 4.87. The van der Waals surface area contributed by atoms with Gasteiger partial charge in [-0.15, -0.1) is 0 Å². The molecule has 2 aromatic rings. The molecule has 0 atom stereocenters. The van der Waals surface area contributed by atoms with Crippen LogP contribution in [0.3, 0.4) is 0 Å². The molecule has 19 heavy (non-hydrogen) atoms. The Morgan fingerprint density at radius 2 is 2.00 bits per heavy atom. The van der Waals surface area contributed by atoms with Crippen molar-refractivity contribution in [2.75, 3.05) is 0 Å². The zero-order valence-corrected chi connectivity index (χ0v) is 11.7. The maximum Gasteiger partial charge on any atom is 0.0991 e. The fourth-order valence-electron chi connectivity index (χ4n) is 2.20. The number of nitriles is 1. The minimum atomic E-state index is 0.714. The predicted octanol–water partition coefficient (Wildman–Crippen LogP) is 2.80. The highest BCUT2D eigenvalue weighted by Crippen LogP contribution is 2.13. The van der Waals surface area contributed by atoms with Gasteiger partial charge in [-0.05, 0) is 43.2 Å². The molecular formula is C16H19N3. The third kappa shape index (κ3) is 3.04. The van der Waals surface area contributed by atoms with Crippen molar-refractivity contribution < 1.29 is 0 Å². The van der Waals surface area contributed by atoms with Gasteiger partial charge in [-0.25, -0.2) is 0 Å². The Labute approximate surface area is 114 Å². The minimum absolute atomic E-state index is 0.714. The number of nitrogens with one attached hydrogen (secondary N) is 1. The van der Waals surface area contributed by atoms with Gasteiger partial charge in [-0.2, -0.15) is 5.26 Å². The first-order valence-electron chi connectivity index (χ1n) is 6.43. The fraction of sp³-hybridized carbons (Fsp3) is 0.312. The average Bonchev–Trinajstić information content (AvgIpc) is 2.67. The quantitative estimate of drug-likeness (QED) is 0.910. The molecule has 0 saturated heterocycles. The van der Waals surface area contributed by atoms with Crippen molar-refractivity contribution in [1.29, 1.82) is 5.26 Å². The molecule has 1 N–H and O–H groups in total. The van der Waals surface area contributed by atoms with Crippen molar-refractivity contribution in [1.82, 2.24) is 9.88 Å². The Bertz CT molecular complexity index is 617. The molecule has 0 spiro atoms. The third-order valence-electron chi connectivity index (χ3n) is 3.58. The van der Waals surface area contributed by atoms with Gasteiger partial charge in [-0.3, -0.25) is 0 Å². The zero-order valence-electron chi connectivity index (χ0n) is 11.7. The van der Waals surface area contributed by atoms with E-state index in [1.807, 2.05) is 24.3 Å². The van der Waals surface area contributed by atoms with E-state index in [-0.39, 0.29) is 0 Å². The molecule has 1 aromatic heterocycles. The van der Waals surface area contributed by atoms with Crippen LogP contribution in [0.15, 0.2) is 30.3 Å². The van der Waals surface area contributed by atoms with Gasteiger partial charge in [0.2, 0.25) is 0 Å². The summed E-state index contributed by atoms with van der Waals surface area (Å²) in [5, 5.41) is 12.3. The van der Waals surface area contributed by atoms with E-state index in [0.717, 1.165) is 18.7 Å². The number of aromatic nitrogens is 1. The topological polar surface area (TPSA) is 40.8 Å². The van der Waals surface area contributed by atoms with Gasteiger partial charge < -0.3 is 9.88 Å². The van der Waals surface area contributed by atoms with Crippen LogP contribution in [0.4, 0.5) is 0 Å². The first-order chi connectivity index (χ1) is 9.11. The first kappa shape index (κ1) is 13.4. The lowest BCUT2D eigenvalue weighted by molar-refractivity contribution is 0.687. The van der Waals surface area contributed by atoms with E-state index in [0.29, 0.717) is 5.56 Å². The van der Waals surface area contributed by atoms with Crippen molar-refractivity contribution >= 4 is 0 Å². The Hall–Kier alpha value is -2.05. The summed E-state index contributed by atoms with van der Waals surface area (Å²) >= 11 is 0. The molecule has 3 nitrogen and oxygen atoms in total. The van der Waals surface area contributed by atoms with Gasteiger partial charge in [0, 0.05) is 31.5 Å². The van der Waals surface area contributed by atoms with Crippen LogP contribution in [0.5, 0.6) is 0 Å². The molecule has 3 heteroatoms. The molecule has 0 unspecified atom stereocenters. The maximum absolute atomic E-state index is 8.86. The van der Waals surface area contributed by atoms with Crippen LogP contribution in [0.1, 0.15) is 28.1 Å². The second kappa shape index (κ2) is 5.73. The summed E-state index contributed by atoms with van der Waals surface area (Å²) < 4.78 is 2.20. The fourth-order valence-corrected chi connectivity index (χ4v) is 2.20. The molecule has 2 rings (SSSR count). The SMILES string of the molecule is Cc1cc(CNCc2cccc(C#N)c2)c(C)n1C. The monoisotopic (exact) mass is 253 g/mol. The van der Waals surface area contributed by atoms with E-state index < -0.39 is 0 Å². The first-order valence-corrected chi connectivity index (χ1v) is 6.43. The normalized spacial score (nSPS) is 10.4. The summed E-state index contributed by atoms with van der Waals surface area (Å²) in [4.78, 5) is 0. The van der Waals surface area contributed by atoms with E-state index in [1.54, 1.807) is 0 Å². The molecule has 0 aliphatic heterocycles. The van der Waals surface area contributed by atoms with E-state index in [4.69, 9.17) is 5.26 Å². The lowest BCUT2D eigenvalue weighted by Crippen LogP contribution is -2.13. The highest BCUT2D eigenvalue weighted by atomic mass is 15.0.